The predicted molar refractivity (Wildman–Crippen MR) is 83.9 cm³/mol. The van der Waals surface area contributed by atoms with Crippen LogP contribution in [0.3, 0.4) is 0 Å². The van der Waals surface area contributed by atoms with E-state index in [4.69, 9.17) is 9.47 Å². The van der Waals surface area contributed by atoms with Gasteiger partial charge in [0.1, 0.15) is 18.1 Å². The zero-order valence-corrected chi connectivity index (χ0v) is 12.4. The summed E-state index contributed by atoms with van der Waals surface area (Å²) < 4.78 is 11.3. The summed E-state index contributed by atoms with van der Waals surface area (Å²) in [5.74, 6) is 1.76. The molecule has 0 N–H and O–H groups in total. The van der Waals surface area contributed by atoms with Crippen LogP contribution in [0.4, 0.5) is 0 Å². The molecule has 0 aliphatic carbocycles. The molecule has 0 bridgehead atoms. The Bertz CT molecular complexity index is 627. The molecule has 0 atom stereocenters. The lowest BCUT2D eigenvalue weighted by Crippen LogP contribution is -2.33. The second-order valence-electron chi connectivity index (χ2n) is 5.18. The molecule has 1 aliphatic heterocycles. The zero-order valence-electron chi connectivity index (χ0n) is 12.4. The van der Waals surface area contributed by atoms with Gasteiger partial charge < -0.3 is 14.4 Å². The van der Waals surface area contributed by atoms with Gasteiger partial charge in [0.15, 0.2) is 0 Å². The molecule has 0 unspecified atom stereocenters. The summed E-state index contributed by atoms with van der Waals surface area (Å²) in [7, 11) is 0. The molecular formula is C18H19NO3. The number of carbonyl (C=O) groups is 1. The Hall–Kier alpha value is -2.49. The van der Waals surface area contributed by atoms with Crippen molar-refractivity contribution in [2.75, 3.05) is 19.8 Å². The van der Waals surface area contributed by atoms with Gasteiger partial charge >= 0.3 is 0 Å². The highest BCUT2D eigenvalue weighted by Gasteiger charge is 2.19. The number of benzene rings is 2. The fourth-order valence-corrected chi connectivity index (χ4v) is 2.47. The number of nitrogens with zero attached hydrogens (tertiary/aromatic N) is 1. The summed E-state index contributed by atoms with van der Waals surface area (Å²) in [6.45, 7) is 2.13. The molecule has 2 aromatic rings. The van der Waals surface area contributed by atoms with E-state index in [9.17, 15) is 4.79 Å². The van der Waals surface area contributed by atoms with Crippen LogP contribution in [0.1, 0.15) is 12.0 Å². The number of fused-ring (bicyclic) bond motifs is 1. The first kappa shape index (κ1) is 14.4. The van der Waals surface area contributed by atoms with Crippen molar-refractivity contribution in [3.8, 4) is 11.5 Å². The summed E-state index contributed by atoms with van der Waals surface area (Å²) in [5.41, 5.74) is 1.05. The Morgan fingerprint density at radius 3 is 2.73 bits per heavy atom. The van der Waals surface area contributed by atoms with Crippen molar-refractivity contribution in [1.29, 1.82) is 0 Å². The lowest BCUT2D eigenvalue weighted by molar-refractivity contribution is -0.132. The fourth-order valence-electron chi connectivity index (χ4n) is 2.47. The lowest BCUT2D eigenvalue weighted by Gasteiger charge is -2.19. The van der Waals surface area contributed by atoms with Crippen molar-refractivity contribution < 1.29 is 14.3 Å². The molecule has 4 heteroatoms. The number of amides is 1. The number of rotatable bonds is 4. The molecule has 0 aromatic heterocycles. The first-order chi connectivity index (χ1) is 10.8. The zero-order chi connectivity index (χ0) is 15.2. The van der Waals surface area contributed by atoms with Crippen molar-refractivity contribution >= 4 is 5.91 Å². The molecule has 2 aromatic carbocycles. The van der Waals surface area contributed by atoms with E-state index in [2.05, 4.69) is 0 Å². The van der Waals surface area contributed by atoms with Gasteiger partial charge in [-0.25, -0.2) is 0 Å². The minimum atomic E-state index is 0.0937. The van der Waals surface area contributed by atoms with Gasteiger partial charge in [-0.3, -0.25) is 4.79 Å². The summed E-state index contributed by atoms with van der Waals surface area (Å²) in [5, 5.41) is 0. The second kappa shape index (κ2) is 6.98. The molecule has 22 heavy (non-hydrogen) atoms. The van der Waals surface area contributed by atoms with E-state index in [-0.39, 0.29) is 5.91 Å². The molecule has 1 amide bonds. The van der Waals surface area contributed by atoms with Gasteiger partial charge in [0.05, 0.1) is 19.6 Å². The highest BCUT2D eigenvalue weighted by atomic mass is 16.5. The van der Waals surface area contributed by atoms with Gasteiger partial charge in [-0.15, -0.1) is 0 Å². The molecule has 114 valence electrons. The summed E-state index contributed by atoms with van der Waals surface area (Å²) in [6.07, 6.45) is 0.372. The molecule has 0 radical (unpaired) electrons. The molecule has 1 heterocycles. The van der Waals surface area contributed by atoms with Gasteiger partial charge in [0, 0.05) is 12.1 Å². The highest BCUT2D eigenvalue weighted by molar-refractivity contribution is 5.76. The van der Waals surface area contributed by atoms with E-state index in [1.807, 2.05) is 59.5 Å². The van der Waals surface area contributed by atoms with Gasteiger partial charge in [-0.2, -0.15) is 0 Å². The Morgan fingerprint density at radius 2 is 1.86 bits per heavy atom. The third-order valence-corrected chi connectivity index (χ3v) is 3.63. The highest BCUT2D eigenvalue weighted by Crippen LogP contribution is 2.22. The number of para-hydroxylation sites is 2. The van der Waals surface area contributed by atoms with Crippen LogP contribution < -0.4 is 9.47 Å². The molecule has 3 rings (SSSR count). The van der Waals surface area contributed by atoms with Crippen LogP contribution in [0.25, 0.3) is 0 Å². The minimum absolute atomic E-state index is 0.0937. The third-order valence-electron chi connectivity index (χ3n) is 3.63. The van der Waals surface area contributed by atoms with Crippen LogP contribution in [-0.2, 0) is 11.3 Å². The van der Waals surface area contributed by atoms with E-state index >= 15 is 0 Å². The first-order valence-corrected chi connectivity index (χ1v) is 7.49. The SMILES string of the molecule is O=C(CCOc1ccccc1)N1CCOc2ccccc2C1. The van der Waals surface area contributed by atoms with E-state index in [0.717, 1.165) is 17.1 Å². The summed E-state index contributed by atoms with van der Waals surface area (Å²) in [6, 6.07) is 17.4. The van der Waals surface area contributed by atoms with Crippen LogP contribution >= 0.6 is 0 Å². The topological polar surface area (TPSA) is 38.8 Å². The molecular weight excluding hydrogens is 278 g/mol. The Labute approximate surface area is 130 Å². The normalized spacial score (nSPS) is 13.7. The summed E-state index contributed by atoms with van der Waals surface area (Å²) in [4.78, 5) is 14.2. The maximum atomic E-state index is 12.3. The van der Waals surface area contributed by atoms with E-state index in [1.165, 1.54) is 0 Å². The average Bonchev–Trinajstić information content (AvgIpc) is 2.78. The third kappa shape index (κ3) is 3.58. The van der Waals surface area contributed by atoms with Crippen LogP contribution in [0.5, 0.6) is 11.5 Å². The molecule has 0 spiro atoms. The van der Waals surface area contributed by atoms with E-state index in [1.54, 1.807) is 0 Å². The molecule has 0 fully saturated rings. The van der Waals surface area contributed by atoms with Crippen LogP contribution in [-0.4, -0.2) is 30.6 Å². The number of carbonyl (C=O) groups excluding carboxylic acids is 1. The second-order valence-corrected chi connectivity index (χ2v) is 5.18. The van der Waals surface area contributed by atoms with Gasteiger partial charge in [-0.05, 0) is 18.2 Å². The maximum absolute atomic E-state index is 12.3. The van der Waals surface area contributed by atoms with Crippen molar-refractivity contribution in [1.82, 2.24) is 4.90 Å². The van der Waals surface area contributed by atoms with Crippen LogP contribution in [0.15, 0.2) is 54.6 Å². The number of ether oxygens (including phenoxy) is 2. The standard InChI is InChI=1S/C18H19NO3/c20-18(10-12-21-16-7-2-1-3-8-16)19-11-13-22-17-9-5-4-6-15(17)14-19/h1-9H,10-14H2. The monoisotopic (exact) mass is 297 g/mol. The van der Waals surface area contributed by atoms with Crippen LogP contribution in [0.2, 0.25) is 0 Å². The number of hydrogen-bond acceptors (Lipinski definition) is 3. The summed E-state index contributed by atoms with van der Waals surface area (Å²) >= 11 is 0. The fraction of sp³-hybridized carbons (Fsp3) is 0.278. The molecule has 0 saturated carbocycles. The minimum Gasteiger partial charge on any atom is -0.493 e. The molecule has 4 nitrogen and oxygen atoms in total. The van der Waals surface area contributed by atoms with Crippen molar-refractivity contribution in [3.63, 3.8) is 0 Å². The average molecular weight is 297 g/mol. The van der Waals surface area contributed by atoms with Gasteiger partial charge in [-0.1, -0.05) is 36.4 Å². The van der Waals surface area contributed by atoms with E-state index in [0.29, 0.717) is 32.7 Å². The molecule has 1 aliphatic rings. The quantitative estimate of drug-likeness (QED) is 0.871. The maximum Gasteiger partial charge on any atom is 0.226 e. The van der Waals surface area contributed by atoms with Crippen LogP contribution in [0, 0.1) is 0 Å². The smallest absolute Gasteiger partial charge is 0.226 e. The Kier molecular flexibility index (Phi) is 4.59. The van der Waals surface area contributed by atoms with Crippen molar-refractivity contribution in [2.45, 2.75) is 13.0 Å². The predicted octanol–water partition coefficient (Wildman–Crippen LogP) is 2.88. The number of hydrogen-bond donors (Lipinski definition) is 0. The van der Waals surface area contributed by atoms with Crippen molar-refractivity contribution in [2.24, 2.45) is 0 Å². The lowest BCUT2D eigenvalue weighted by atomic mass is 10.2. The largest absolute Gasteiger partial charge is 0.493 e. The van der Waals surface area contributed by atoms with E-state index < -0.39 is 0 Å². The van der Waals surface area contributed by atoms with Crippen molar-refractivity contribution in [3.05, 3.63) is 60.2 Å². The Morgan fingerprint density at radius 1 is 1.09 bits per heavy atom. The molecule has 0 saturated heterocycles. The first-order valence-electron chi connectivity index (χ1n) is 7.49. The van der Waals surface area contributed by atoms with Gasteiger partial charge in [0.25, 0.3) is 0 Å². The van der Waals surface area contributed by atoms with Gasteiger partial charge in [0.2, 0.25) is 5.91 Å². The Balaban J connectivity index is 1.54.